The van der Waals surface area contributed by atoms with Gasteiger partial charge in [0.05, 0.1) is 7.11 Å². The summed E-state index contributed by atoms with van der Waals surface area (Å²) in [6.07, 6.45) is 0. The van der Waals surface area contributed by atoms with Gasteiger partial charge >= 0.3 is 5.63 Å². The number of rotatable bonds is 5. The second kappa shape index (κ2) is 6.81. The molecule has 1 aromatic heterocycles. The Morgan fingerprint density at radius 2 is 1.83 bits per heavy atom. The van der Waals surface area contributed by atoms with Gasteiger partial charge in [-0.2, -0.15) is 0 Å². The Hall–Kier alpha value is -2.72. The Morgan fingerprint density at radius 3 is 2.50 bits per heavy atom. The van der Waals surface area contributed by atoms with Crippen LogP contribution in [0.15, 0.2) is 69.4 Å². The largest absolute Gasteiger partial charge is 0.497 e. The molecule has 0 aliphatic heterocycles. The second-order valence-electron chi connectivity index (χ2n) is 5.17. The molecule has 0 unspecified atom stereocenters. The molecule has 122 valence electrons. The molecule has 0 N–H and O–H groups in total. The van der Waals surface area contributed by atoms with E-state index >= 15 is 0 Å². The van der Waals surface area contributed by atoms with Crippen LogP contribution in [0.3, 0.4) is 0 Å². The van der Waals surface area contributed by atoms with Crippen LogP contribution in [-0.2, 0) is 0 Å². The first-order valence-electron chi connectivity index (χ1n) is 7.25. The van der Waals surface area contributed by atoms with Crippen LogP contribution in [-0.4, -0.2) is 13.7 Å². The molecule has 0 amide bonds. The molecule has 3 aromatic rings. The SMILES string of the molecule is C=C(Cl)COc1ccc2c(-c3ccc(OC)cc3)cc(=O)oc2c1. The van der Waals surface area contributed by atoms with Crippen LogP contribution in [0.2, 0.25) is 0 Å². The van der Waals surface area contributed by atoms with Gasteiger partial charge in [0.2, 0.25) is 0 Å². The Labute approximate surface area is 143 Å². The predicted octanol–water partition coefficient (Wildman–Crippen LogP) is 4.60. The highest BCUT2D eigenvalue weighted by atomic mass is 35.5. The van der Waals surface area contributed by atoms with Crippen molar-refractivity contribution in [3.05, 3.63) is 70.6 Å². The van der Waals surface area contributed by atoms with Gasteiger partial charge < -0.3 is 13.9 Å². The van der Waals surface area contributed by atoms with Crippen LogP contribution in [0.5, 0.6) is 11.5 Å². The average molecular weight is 343 g/mol. The van der Waals surface area contributed by atoms with E-state index in [1.807, 2.05) is 30.3 Å². The summed E-state index contributed by atoms with van der Waals surface area (Å²) in [6.45, 7) is 3.76. The monoisotopic (exact) mass is 342 g/mol. The minimum absolute atomic E-state index is 0.190. The molecule has 0 atom stereocenters. The van der Waals surface area contributed by atoms with E-state index in [-0.39, 0.29) is 6.61 Å². The fourth-order valence-electron chi connectivity index (χ4n) is 2.40. The minimum atomic E-state index is -0.424. The fourth-order valence-corrected chi connectivity index (χ4v) is 2.46. The van der Waals surface area contributed by atoms with Crippen molar-refractivity contribution in [2.45, 2.75) is 0 Å². The molecule has 1 heterocycles. The van der Waals surface area contributed by atoms with Crippen molar-refractivity contribution in [1.29, 1.82) is 0 Å². The van der Waals surface area contributed by atoms with Crippen molar-refractivity contribution < 1.29 is 13.9 Å². The van der Waals surface area contributed by atoms with Gasteiger partial charge in [-0.3, -0.25) is 0 Å². The van der Waals surface area contributed by atoms with Crippen molar-refractivity contribution in [1.82, 2.24) is 0 Å². The van der Waals surface area contributed by atoms with Gasteiger partial charge in [-0.25, -0.2) is 4.79 Å². The van der Waals surface area contributed by atoms with Crippen LogP contribution in [0.25, 0.3) is 22.1 Å². The number of halogens is 1. The van der Waals surface area contributed by atoms with Crippen LogP contribution < -0.4 is 15.1 Å². The maximum absolute atomic E-state index is 11.9. The van der Waals surface area contributed by atoms with E-state index in [1.165, 1.54) is 6.07 Å². The topological polar surface area (TPSA) is 48.7 Å². The summed E-state index contributed by atoms with van der Waals surface area (Å²) in [6, 6.07) is 14.3. The number of hydrogen-bond acceptors (Lipinski definition) is 4. The third-order valence-electron chi connectivity index (χ3n) is 3.51. The third kappa shape index (κ3) is 3.44. The standard InChI is InChI=1S/C19H15ClO4/c1-12(20)11-23-15-7-8-16-17(10-19(21)24-18(16)9-15)13-3-5-14(22-2)6-4-13/h3-10H,1,11H2,2H3. The molecule has 0 aliphatic carbocycles. The minimum Gasteiger partial charge on any atom is -0.497 e. The number of hydrogen-bond donors (Lipinski definition) is 0. The third-order valence-corrected chi connectivity index (χ3v) is 3.62. The first kappa shape index (κ1) is 16.1. The molecule has 4 nitrogen and oxygen atoms in total. The van der Waals surface area contributed by atoms with E-state index in [0.717, 1.165) is 22.3 Å². The molecule has 24 heavy (non-hydrogen) atoms. The Kier molecular flexibility index (Phi) is 4.58. The molecule has 0 aliphatic rings. The number of ether oxygens (including phenoxy) is 2. The fraction of sp³-hybridized carbons (Fsp3) is 0.105. The second-order valence-corrected chi connectivity index (χ2v) is 5.71. The van der Waals surface area contributed by atoms with Gasteiger partial charge in [0.25, 0.3) is 0 Å². The summed E-state index contributed by atoms with van der Waals surface area (Å²) >= 11 is 5.70. The van der Waals surface area contributed by atoms with E-state index < -0.39 is 5.63 Å². The molecule has 0 saturated carbocycles. The maximum Gasteiger partial charge on any atom is 0.336 e. The molecule has 0 fully saturated rings. The Morgan fingerprint density at radius 1 is 1.12 bits per heavy atom. The molecule has 0 radical (unpaired) electrons. The molecule has 0 spiro atoms. The van der Waals surface area contributed by atoms with Crippen molar-refractivity contribution in [3.8, 4) is 22.6 Å². The molecule has 0 saturated heterocycles. The first-order valence-corrected chi connectivity index (χ1v) is 7.63. The molecule has 5 heteroatoms. The Bertz CT molecular complexity index is 942. The zero-order valence-corrected chi connectivity index (χ0v) is 13.8. The van der Waals surface area contributed by atoms with Gasteiger partial charge in [0.1, 0.15) is 23.7 Å². The van der Waals surface area contributed by atoms with E-state index in [2.05, 4.69) is 6.58 Å². The zero-order chi connectivity index (χ0) is 17.1. The summed E-state index contributed by atoms with van der Waals surface area (Å²) in [7, 11) is 1.61. The smallest absolute Gasteiger partial charge is 0.336 e. The highest BCUT2D eigenvalue weighted by Crippen LogP contribution is 2.30. The lowest BCUT2D eigenvalue weighted by atomic mass is 10.0. The summed E-state index contributed by atoms with van der Waals surface area (Å²) in [5.74, 6) is 1.31. The van der Waals surface area contributed by atoms with Crippen LogP contribution in [0.4, 0.5) is 0 Å². The lowest BCUT2D eigenvalue weighted by Crippen LogP contribution is -2.00. The van der Waals surface area contributed by atoms with Crippen molar-refractivity contribution in [2.75, 3.05) is 13.7 Å². The summed E-state index contributed by atoms with van der Waals surface area (Å²) < 4.78 is 15.9. The average Bonchev–Trinajstić information content (AvgIpc) is 2.59. The van der Waals surface area contributed by atoms with Gasteiger partial charge in [-0.05, 0) is 35.4 Å². The first-order chi connectivity index (χ1) is 11.6. The van der Waals surface area contributed by atoms with Gasteiger partial charge in [0, 0.05) is 22.6 Å². The summed E-state index contributed by atoms with van der Waals surface area (Å²) in [4.78, 5) is 11.9. The number of methoxy groups -OCH3 is 1. The predicted molar refractivity (Wildman–Crippen MR) is 95.0 cm³/mol. The molecular formula is C19H15ClO4. The molecule has 0 bridgehead atoms. The Balaban J connectivity index is 2.07. The molecular weight excluding hydrogens is 328 g/mol. The highest BCUT2D eigenvalue weighted by Gasteiger charge is 2.09. The van der Waals surface area contributed by atoms with Gasteiger partial charge in [-0.15, -0.1) is 0 Å². The lowest BCUT2D eigenvalue weighted by molar-refractivity contribution is 0.359. The van der Waals surface area contributed by atoms with E-state index in [0.29, 0.717) is 16.4 Å². The molecule has 3 rings (SSSR count). The maximum atomic E-state index is 11.9. The normalized spacial score (nSPS) is 10.6. The molecule has 2 aromatic carbocycles. The highest BCUT2D eigenvalue weighted by molar-refractivity contribution is 6.29. The van der Waals surface area contributed by atoms with Crippen molar-refractivity contribution >= 4 is 22.6 Å². The van der Waals surface area contributed by atoms with Crippen LogP contribution in [0.1, 0.15) is 0 Å². The van der Waals surface area contributed by atoms with E-state index in [4.69, 9.17) is 25.5 Å². The van der Waals surface area contributed by atoms with E-state index in [1.54, 1.807) is 19.2 Å². The lowest BCUT2D eigenvalue weighted by Gasteiger charge is -2.09. The summed E-state index contributed by atoms with van der Waals surface area (Å²) in [5, 5.41) is 1.21. The summed E-state index contributed by atoms with van der Waals surface area (Å²) in [5.41, 5.74) is 1.71. The van der Waals surface area contributed by atoms with Crippen molar-refractivity contribution in [3.63, 3.8) is 0 Å². The van der Waals surface area contributed by atoms with Crippen LogP contribution >= 0.6 is 11.6 Å². The van der Waals surface area contributed by atoms with Crippen LogP contribution in [0, 0.1) is 0 Å². The zero-order valence-electron chi connectivity index (χ0n) is 13.0. The quantitative estimate of drug-likeness (QED) is 0.636. The number of fused-ring (bicyclic) bond motifs is 1. The van der Waals surface area contributed by atoms with E-state index in [9.17, 15) is 4.79 Å². The number of benzene rings is 2. The van der Waals surface area contributed by atoms with Gasteiger partial charge in [0.15, 0.2) is 0 Å². The van der Waals surface area contributed by atoms with Crippen molar-refractivity contribution in [2.24, 2.45) is 0 Å². The van der Waals surface area contributed by atoms with Gasteiger partial charge in [-0.1, -0.05) is 30.3 Å².